The Morgan fingerprint density at radius 2 is 2.20 bits per heavy atom. The summed E-state index contributed by atoms with van der Waals surface area (Å²) in [5.41, 5.74) is 1.79. The molecule has 3 aromatic rings. The second-order valence-electron chi connectivity index (χ2n) is 5.07. The van der Waals surface area contributed by atoms with E-state index in [-0.39, 0.29) is 0 Å². The van der Waals surface area contributed by atoms with Crippen LogP contribution in [-0.4, -0.2) is 14.6 Å². The monoisotopic (exact) mass is 369 g/mol. The molecule has 0 fully saturated rings. The summed E-state index contributed by atoms with van der Waals surface area (Å²) in [4.78, 5) is 5.53. The van der Waals surface area contributed by atoms with E-state index in [0.29, 0.717) is 10.9 Å². The molecule has 0 aliphatic rings. The average Bonchev–Trinajstić information content (AvgIpc) is 2.85. The Morgan fingerprint density at radius 3 is 2.85 bits per heavy atom. The van der Waals surface area contributed by atoms with E-state index in [0.717, 1.165) is 32.1 Å². The summed E-state index contributed by atoms with van der Waals surface area (Å²) < 4.78 is 2.81. The van der Waals surface area contributed by atoms with Crippen molar-refractivity contribution in [1.82, 2.24) is 14.6 Å². The van der Waals surface area contributed by atoms with Gasteiger partial charge in [-0.1, -0.05) is 58.8 Å². The van der Waals surface area contributed by atoms with Crippen LogP contribution in [0.25, 0.3) is 16.2 Å². The van der Waals surface area contributed by atoms with Crippen LogP contribution in [0.15, 0.2) is 28.9 Å². The second-order valence-corrected chi connectivity index (χ2v) is 7.43. The van der Waals surface area contributed by atoms with Crippen molar-refractivity contribution in [3.63, 3.8) is 0 Å². The molecule has 0 amide bonds. The molecule has 3 nitrogen and oxygen atoms in total. The fraction of sp³-hybridized carbons (Fsp3) is 0.286. The van der Waals surface area contributed by atoms with Crippen molar-refractivity contribution in [2.75, 3.05) is 0 Å². The fourth-order valence-corrected chi connectivity index (χ4v) is 3.86. The Hall–Kier alpha value is -0.910. The van der Waals surface area contributed by atoms with Crippen LogP contribution < -0.4 is 0 Å². The topological polar surface area (TPSA) is 30.2 Å². The van der Waals surface area contributed by atoms with Crippen LogP contribution in [0, 0.1) is 5.92 Å². The highest BCUT2D eigenvalue weighted by Crippen LogP contribution is 2.31. The van der Waals surface area contributed by atoms with Gasteiger partial charge in [0.15, 0.2) is 0 Å². The second kappa shape index (κ2) is 5.47. The van der Waals surface area contributed by atoms with Crippen LogP contribution in [0.3, 0.4) is 0 Å². The maximum atomic E-state index is 6.26. The summed E-state index contributed by atoms with van der Waals surface area (Å²) in [6.45, 7) is 4.38. The van der Waals surface area contributed by atoms with E-state index in [2.05, 4.69) is 39.9 Å². The minimum atomic E-state index is 0.603. The molecule has 6 heteroatoms. The van der Waals surface area contributed by atoms with Crippen molar-refractivity contribution in [2.24, 2.45) is 5.92 Å². The number of hydrogen-bond donors (Lipinski definition) is 0. The molecule has 0 saturated carbocycles. The van der Waals surface area contributed by atoms with Gasteiger partial charge in [0.2, 0.25) is 4.96 Å². The predicted octanol–water partition coefficient (Wildman–Crippen LogP) is 5.07. The standard InChI is InChI=1S/C14H13BrClN3S/c1-8(2)5-13-18-19-7-12(17-14(19)20-13)10-4-3-9(15)6-11(10)16/h3-4,6-8H,5H2,1-2H3. The third-order valence-corrected chi connectivity index (χ3v) is 4.63. The summed E-state index contributed by atoms with van der Waals surface area (Å²) >= 11 is 11.3. The van der Waals surface area contributed by atoms with Gasteiger partial charge in [-0.25, -0.2) is 9.50 Å². The SMILES string of the molecule is CC(C)Cc1nn2cc(-c3ccc(Br)cc3Cl)nc2s1. The van der Waals surface area contributed by atoms with E-state index in [1.807, 2.05) is 28.9 Å². The van der Waals surface area contributed by atoms with Gasteiger partial charge in [-0.2, -0.15) is 5.10 Å². The summed E-state index contributed by atoms with van der Waals surface area (Å²) in [5, 5.41) is 6.38. The van der Waals surface area contributed by atoms with Crippen LogP contribution in [0.5, 0.6) is 0 Å². The van der Waals surface area contributed by atoms with Crippen molar-refractivity contribution in [1.29, 1.82) is 0 Å². The molecule has 20 heavy (non-hydrogen) atoms. The number of aromatic nitrogens is 3. The number of fused-ring (bicyclic) bond motifs is 1. The molecule has 0 radical (unpaired) electrons. The molecule has 0 N–H and O–H groups in total. The minimum Gasteiger partial charge on any atom is -0.217 e. The molecule has 0 spiro atoms. The molecular weight excluding hydrogens is 358 g/mol. The summed E-state index contributed by atoms with van der Waals surface area (Å²) in [7, 11) is 0. The molecule has 3 rings (SSSR count). The zero-order chi connectivity index (χ0) is 14.3. The Morgan fingerprint density at radius 1 is 1.40 bits per heavy atom. The number of nitrogens with zero attached hydrogens (tertiary/aromatic N) is 3. The van der Waals surface area contributed by atoms with E-state index in [1.165, 1.54) is 0 Å². The first-order valence-electron chi connectivity index (χ1n) is 6.33. The van der Waals surface area contributed by atoms with Crippen molar-refractivity contribution in [2.45, 2.75) is 20.3 Å². The van der Waals surface area contributed by atoms with Crippen LogP contribution in [-0.2, 0) is 6.42 Å². The van der Waals surface area contributed by atoms with Gasteiger partial charge in [-0.15, -0.1) is 0 Å². The molecule has 104 valence electrons. The molecular formula is C14H13BrClN3S. The molecule has 0 atom stereocenters. The van der Waals surface area contributed by atoms with Crippen LogP contribution in [0.2, 0.25) is 5.02 Å². The van der Waals surface area contributed by atoms with Gasteiger partial charge in [0.05, 0.1) is 16.9 Å². The number of halogens is 2. The Balaban J connectivity index is 1.99. The van der Waals surface area contributed by atoms with Gasteiger partial charge in [0.1, 0.15) is 5.01 Å². The van der Waals surface area contributed by atoms with Gasteiger partial charge in [-0.3, -0.25) is 0 Å². The molecule has 2 aromatic heterocycles. The maximum absolute atomic E-state index is 6.26. The number of benzene rings is 1. The first-order valence-corrected chi connectivity index (χ1v) is 8.32. The van der Waals surface area contributed by atoms with Gasteiger partial charge >= 0.3 is 0 Å². The molecule has 0 bridgehead atoms. The number of hydrogen-bond acceptors (Lipinski definition) is 3. The lowest BCUT2D eigenvalue weighted by Gasteiger charge is -2.00. The van der Waals surface area contributed by atoms with E-state index in [1.54, 1.807) is 11.3 Å². The first-order chi connectivity index (χ1) is 9.52. The minimum absolute atomic E-state index is 0.603. The highest BCUT2D eigenvalue weighted by molar-refractivity contribution is 9.10. The normalized spacial score (nSPS) is 11.7. The Kier molecular flexibility index (Phi) is 3.84. The number of rotatable bonds is 3. The quantitative estimate of drug-likeness (QED) is 0.644. The Labute approximate surface area is 134 Å². The average molecular weight is 371 g/mol. The summed E-state index contributed by atoms with van der Waals surface area (Å²) in [6, 6.07) is 5.81. The molecule has 0 unspecified atom stereocenters. The smallest absolute Gasteiger partial charge is 0.212 e. The van der Waals surface area contributed by atoms with Crippen molar-refractivity contribution in [3.8, 4) is 11.3 Å². The van der Waals surface area contributed by atoms with E-state index in [9.17, 15) is 0 Å². The largest absolute Gasteiger partial charge is 0.217 e. The highest BCUT2D eigenvalue weighted by atomic mass is 79.9. The van der Waals surface area contributed by atoms with Gasteiger partial charge in [0, 0.05) is 16.5 Å². The van der Waals surface area contributed by atoms with E-state index in [4.69, 9.17) is 11.6 Å². The molecule has 1 aromatic carbocycles. The maximum Gasteiger partial charge on any atom is 0.212 e. The van der Waals surface area contributed by atoms with Gasteiger partial charge in [-0.05, 0) is 18.1 Å². The van der Waals surface area contributed by atoms with Crippen LogP contribution in [0.1, 0.15) is 18.9 Å². The zero-order valence-electron chi connectivity index (χ0n) is 11.1. The first kappa shape index (κ1) is 14.0. The van der Waals surface area contributed by atoms with Crippen molar-refractivity contribution >= 4 is 43.8 Å². The van der Waals surface area contributed by atoms with E-state index >= 15 is 0 Å². The lowest BCUT2D eigenvalue weighted by molar-refractivity contribution is 0.637. The molecule has 0 aliphatic heterocycles. The van der Waals surface area contributed by atoms with Crippen LogP contribution in [0.4, 0.5) is 0 Å². The van der Waals surface area contributed by atoms with Crippen LogP contribution >= 0.6 is 38.9 Å². The third kappa shape index (κ3) is 2.75. The van der Waals surface area contributed by atoms with Crippen molar-refractivity contribution in [3.05, 3.63) is 38.9 Å². The van der Waals surface area contributed by atoms with Gasteiger partial charge < -0.3 is 0 Å². The van der Waals surface area contributed by atoms with E-state index < -0.39 is 0 Å². The highest BCUT2D eigenvalue weighted by Gasteiger charge is 2.12. The lowest BCUT2D eigenvalue weighted by atomic mass is 10.1. The summed E-state index contributed by atoms with van der Waals surface area (Å²) in [6.07, 6.45) is 2.92. The molecule has 0 saturated heterocycles. The van der Waals surface area contributed by atoms with Crippen molar-refractivity contribution < 1.29 is 0 Å². The molecule has 0 aliphatic carbocycles. The molecule has 2 heterocycles. The zero-order valence-corrected chi connectivity index (χ0v) is 14.3. The third-order valence-electron chi connectivity index (χ3n) is 2.87. The predicted molar refractivity (Wildman–Crippen MR) is 87.6 cm³/mol. The number of imidazole rings is 1. The summed E-state index contributed by atoms with van der Waals surface area (Å²) in [5.74, 6) is 0.603. The lowest BCUT2D eigenvalue weighted by Crippen LogP contribution is -1.94. The fourth-order valence-electron chi connectivity index (χ4n) is 2.00. The van der Waals surface area contributed by atoms with Gasteiger partial charge in [0.25, 0.3) is 0 Å². The Bertz CT molecular complexity index is 731.